The molecule has 7 heteroatoms. The maximum Gasteiger partial charge on any atom is 0.220 e. The minimum Gasteiger partial charge on any atom is -0.379 e. The van der Waals surface area contributed by atoms with Crippen LogP contribution in [0.4, 0.5) is 0 Å². The first-order chi connectivity index (χ1) is 11.8. The lowest BCUT2D eigenvalue weighted by atomic mass is 10.3. The number of hydrogen-bond donors (Lipinski definition) is 3. The maximum absolute atomic E-state index is 11.6. The van der Waals surface area contributed by atoms with E-state index in [-0.39, 0.29) is 12.0 Å². The fraction of sp³-hybridized carbons (Fsp3) is 0.882. The second-order valence-electron chi connectivity index (χ2n) is 6.34. The number of carbonyl (C=O) groups is 1. The molecule has 138 valence electrons. The van der Waals surface area contributed by atoms with Gasteiger partial charge in [0, 0.05) is 45.3 Å². The first kappa shape index (κ1) is 19.0. The van der Waals surface area contributed by atoms with Crippen LogP contribution in [0.1, 0.15) is 45.4 Å². The summed E-state index contributed by atoms with van der Waals surface area (Å²) in [5.41, 5.74) is 0. The minimum absolute atomic E-state index is 0.152. The van der Waals surface area contributed by atoms with Gasteiger partial charge in [-0.05, 0) is 39.0 Å². The molecule has 2 fully saturated rings. The summed E-state index contributed by atoms with van der Waals surface area (Å²) in [7, 11) is 0. The molecule has 1 saturated heterocycles. The topological polar surface area (TPSA) is 84.0 Å². The van der Waals surface area contributed by atoms with Crippen LogP contribution in [0.3, 0.4) is 0 Å². The molecule has 1 aliphatic carbocycles. The molecule has 1 aliphatic heterocycles. The molecule has 1 unspecified atom stereocenters. The van der Waals surface area contributed by atoms with Crippen molar-refractivity contribution in [2.45, 2.75) is 57.6 Å². The highest BCUT2D eigenvalue weighted by atomic mass is 16.5. The predicted octanol–water partition coefficient (Wildman–Crippen LogP) is 0.796. The average molecular weight is 340 g/mol. The smallest absolute Gasteiger partial charge is 0.220 e. The molecule has 0 radical (unpaired) electrons. The van der Waals surface area contributed by atoms with E-state index in [0.717, 1.165) is 71.0 Å². The third-order valence-corrected chi connectivity index (χ3v) is 3.97. The number of amides is 1. The van der Waals surface area contributed by atoms with E-state index in [2.05, 4.69) is 20.9 Å². The predicted molar refractivity (Wildman–Crippen MR) is 94.2 cm³/mol. The largest absolute Gasteiger partial charge is 0.379 e. The standard InChI is InChI=1S/C17H32N4O3/c1-2-18-17(19-9-3-5-16(22)21-14-6-7-14)20-10-4-11-24-15-8-12-23-13-15/h14-15H,2-13H2,1H3,(H,21,22)(H2,18,19,20). The molecule has 0 aromatic carbocycles. The third kappa shape index (κ3) is 8.49. The Morgan fingerprint density at radius 3 is 2.83 bits per heavy atom. The fourth-order valence-corrected chi connectivity index (χ4v) is 2.47. The molecule has 0 aromatic rings. The van der Waals surface area contributed by atoms with Crippen molar-refractivity contribution in [1.82, 2.24) is 16.0 Å². The van der Waals surface area contributed by atoms with E-state index in [1.54, 1.807) is 0 Å². The molecule has 1 atom stereocenters. The van der Waals surface area contributed by atoms with Crippen LogP contribution in [0.25, 0.3) is 0 Å². The van der Waals surface area contributed by atoms with Gasteiger partial charge in [-0.2, -0.15) is 0 Å². The van der Waals surface area contributed by atoms with Crippen molar-refractivity contribution < 1.29 is 14.3 Å². The van der Waals surface area contributed by atoms with Crippen molar-refractivity contribution in [1.29, 1.82) is 0 Å². The molecule has 2 aliphatic rings. The average Bonchev–Trinajstić information content (AvgIpc) is 3.22. The summed E-state index contributed by atoms with van der Waals surface area (Å²) in [6.45, 7) is 6.63. The van der Waals surface area contributed by atoms with Crippen molar-refractivity contribution >= 4 is 11.9 Å². The lowest BCUT2D eigenvalue weighted by Crippen LogP contribution is -2.38. The van der Waals surface area contributed by atoms with Crippen molar-refractivity contribution in [3.05, 3.63) is 0 Å². The lowest BCUT2D eigenvalue weighted by Gasteiger charge is -2.13. The summed E-state index contributed by atoms with van der Waals surface area (Å²) in [4.78, 5) is 16.1. The van der Waals surface area contributed by atoms with Crippen LogP contribution in [0, 0.1) is 0 Å². The summed E-state index contributed by atoms with van der Waals surface area (Å²) in [6, 6.07) is 0.443. The second-order valence-corrected chi connectivity index (χ2v) is 6.34. The zero-order valence-corrected chi connectivity index (χ0v) is 14.8. The van der Waals surface area contributed by atoms with Gasteiger partial charge in [-0.1, -0.05) is 0 Å². The molecule has 24 heavy (non-hydrogen) atoms. The van der Waals surface area contributed by atoms with E-state index in [9.17, 15) is 4.79 Å². The van der Waals surface area contributed by atoms with Gasteiger partial charge in [0.1, 0.15) is 0 Å². The van der Waals surface area contributed by atoms with E-state index < -0.39 is 0 Å². The number of carbonyl (C=O) groups excluding carboxylic acids is 1. The molecule has 0 bridgehead atoms. The number of guanidine groups is 1. The first-order valence-electron chi connectivity index (χ1n) is 9.29. The normalized spacial score (nSPS) is 20.9. The first-order valence-corrected chi connectivity index (χ1v) is 9.29. The van der Waals surface area contributed by atoms with Gasteiger partial charge in [0.25, 0.3) is 0 Å². The Morgan fingerprint density at radius 1 is 1.25 bits per heavy atom. The quantitative estimate of drug-likeness (QED) is 0.294. The summed E-state index contributed by atoms with van der Waals surface area (Å²) >= 11 is 0. The van der Waals surface area contributed by atoms with Gasteiger partial charge in [0.05, 0.1) is 12.7 Å². The van der Waals surface area contributed by atoms with Crippen molar-refractivity contribution in [2.24, 2.45) is 4.99 Å². The molecule has 1 saturated carbocycles. The van der Waals surface area contributed by atoms with Gasteiger partial charge in [-0.15, -0.1) is 0 Å². The molecule has 1 amide bonds. The van der Waals surface area contributed by atoms with Crippen LogP contribution < -0.4 is 16.0 Å². The summed E-state index contributed by atoms with van der Waals surface area (Å²) in [5, 5.41) is 9.52. The van der Waals surface area contributed by atoms with Crippen molar-refractivity contribution in [2.75, 3.05) is 39.5 Å². The molecular weight excluding hydrogens is 308 g/mol. The van der Waals surface area contributed by atoms with Gasteiger partial charge in [0.2, 0.25) is 5.91 Å². The van der Waals surface area contributed by atoms with Crippen LogP contribution in [0.5, 0.6) is 0 Å². The number of rotatable bonds is 11. The van der Waals surface area contributed by atoms with Gasteiger partial charge < -0.3 is 25.4 Å². The number of aliphatic imine (C=N–C) groups is 1. The monoisotopic (exact) mass is 340 g/mol. The molecule has 2 rings (SSSR count). The van der Waals surface area contributed by atoms with Crippen LogP contribution in [-0.4, -0.2) is 63.5 Å². The van der Waals surface area contributed by atoms with E-state index in [0.29, 0.717) is 19.0 Å². The van der Waals surface area contributed by atoms with Crippen LogP contribution in [-0.2, 0) is 14.3 Å². The fourth-order valence-electron chi connectivity index (χ4n) is 2.47. The Kier molecular flexibility index (Phi) is 8.91. The number of hydrogen-bond acceptors (Lipinski definition) is 4. The Hall–Kier alpha value is -1.34. The highest BCUT2D eigenvalue weighted by Gasteiger charge is 2.22. The van der Waals surface area contributed by atoms with Gasteiger partial charge in [0.15, 0.2) is 5.96 Å². The SMILES string of the molecule is CCNC(=NCCCC(=O)NC1CC1)NCCCOC1CCOC1. The molecule has 7 nitrogen and oxygen atoms in total. The van der Waals surface area contributed by atoms with E-state index in [1.165, 1.54) is 0 Å². The maximum atomic E-state index is 11.6. The Balaban J connectivity index is 1.51. The van der Waals surface area contributed by atoms with Gasteiger partial charge >= 0.3 is 0 Å². The van der Waals surface area contributed by atoms with Gasteiger partial charge in [-0.3, -0.25) is 9.79 Å². The van der Waals surface area contributed by atoms with Crippen LogP contribution >= 0.6 is 0 Å². The molecule has 0 spiro atoms. The van der Waals surface area contributed by atoms with E-state index in [1.807, 2.05) is 6.92 Å². The van der Waals surface area contributed by atoms with Gasteiger partial charge in [-0.25, -0.2) is 0 Å². The highest BCUT2D eigenvalue weighted by Crippen LogP contribution is 2.18. The Labute approximate surface area is 145 Å². The van der Waals surface area contributed by atoms with E-state index in [4.69, 9.17) is 9.47 Å². The van der Waals surface area contributed by atoms with Crippen molar-refractivity contribution in [3.8, 4) is 0 Å². The summed E-state index contributed by atoms with van der Waals surface area (Å²) in [6.07, 6.45) is 5.81. The molecule has 1 heterocycles. The lowest BCUT2D eigenvalue weighted by molar-refractivity contribution is -0.121. The third-order valence-electron chi connectivity index (χ3n) is 3.97. The minimum atomic E-state index is 0.152. The Bertz CT molecular complexity index is 393. The number of ether oxygens (including phenoxy) is 2. The van der Waals surface area contributed by atoms with Crippen molar-refractivity contribution in [3.63, 3.8) is 0 Å². The summed E-state index contributed by atoms with van der Waals surface area (Å²) in [5.74, 6) is 0.961. The molecule has 0 aromatic heterocycles. The highest BCUT2D eigenvalue weighted by molar-refractivity contribution is 5.79. The second kappa shape index (κ2) is 11.3. The Morgan fingerprint density at radius 2 is 2.12 bits per heavy atom. The zero-order chi connectivity index (χ0) is 17.0. The van der Waals surface area contributed by atoms with Crippen LogP contribution in [0.2, 0.25) is 0 Å². The molecular formula is C17H32N4O3. The van der Waals surface area contributed by atoms with Crippen LogP contribution in [0.15, 0.2) is 4.99 Å². The molecule has 3 N–H and O–H groups in total. The van der Waals surface area contributed by atoms with E-state index >= 15 is 0 Å². The number of nitrogens with zero attached hydrogens (tertiary/aromatic N) is 1. The summed E-state index contributed by atoms with van der Waals surface area (Å²) < 4.78 is 11.0. The number of nitrogens with one attached hydrogen (secondary N) is 3. The zero-order valence-electron chi connectivity index (χ0n) is 14.8.